The van der Waals surface area contributed by atoms with Gasteiger partial charge in [0.15, 0.2) is 23.0 Å². The van der Waals surface area contributed by atoms with Crippen LogP contribution in [0, 0.1) is 0 Å². The fraction of sp³-hybridized carbons (Fsp3) is 0. The van der Waals surface area contributed by atoms with Gasteiger partial charge in [0.25, 0.3) is 0 Å². The van der Waals surface area contributed by atoms with Gasteiger partial charge in [-0.05, 0) is 60.7 Å². The van der Waals surface area contributed by atoms with Crippen molar-refractivity contribution in [2.75, 3.05) is 4.90 Å². The molecule has 2 aliphatic rings. The standard InChI is InChI=1S/C44H24N4O3/c1-4-14-30-27(12-1)41(25-21-22-36-29(23-25)26-11-3-8-18-35(26)49-36)46-44(45-30)48-31-15-5-2-13-28(31)40-34(48)24-39-42-43(40)51-38-20-10-7-17-33(38)47(42)32-16-6-9-19-37(32)50-39/h1-24H. The van der Waals surface area contributed by atoms with Crippen molar-refractivity contribution in [1.82, 2.24) is 14.5 Å². The molecule has 51 heavy (non-hydrogen) atoms. The van der Waals surface area contributed by atoms with E-state index in [2.05, 4.69) is 76.2 Å². The summed E-state index contributed by atoms with van der Waals surface area (Å²) < 4.78 is 21.8. The van der Waals surface area contributed by atoms with Crippen LogP contribution in [0.15, 0.2) is 150 Å². The van der Waals surface area contributed by atoms with E-state index in [-0.39, 0.29) is 0 Å². The van der Waals surface area contributed by atoms with Crippen LogP contribution in [-0.2, 0) is 0 Å². The van der Waals surface area contributed by atoms with Crippen molar-refractivity contribution >= 4 is 71.7 Å². The van der Waals surface area contributed by atoms with E-state index in [0.717, 1.165) is 100 Å². The smallest absolute Gasteiger partial charge is 0.235 e. The Morgan fingerprint density at radius 3 is 2.04 bits per heavy atom. The second-order valence-corrected chi connectivity index (χ2v) is 13.0. The molecule has 2 aliphatic heterocycles. The van der Waals surface area contributed by atoms with Gasteiger partial charge >= 0.3 is 0 Å². The number of ether oxygens (including phenoxy) is 2. The Morgan fingerprint density at radius 1 is 0.490 bits per heavy atom. The van der Waals surface area contributed by atoms with Crippen molar-refractivity contribution in [1.29, 1.82) is 0 Å². The molecule has 7 aromatic carbocycles. The van der Waals surface area contributed by atoms with Gasteiger partial charge in [0.2, 0.25) is 5.95 Å². The number of aromatic nitrogens is 3. The number of hydrogen-bond acceptors (Lipinski definition) is 6. The van der Waals surface area contributed by atoms with Gasteiger partial charge in [0.05, 0.1) is 39.0 Å². The number of hydrogen-bond donors (Lipinski definition) is 0. The molecule has 0 unspecified atom stereocenters. The maximum atomic E-state index is 6.86. The zero-order valence-electron chi connectivity index (χ0n) is 26.9. The predicted molar refractivity (Wildman–Crippen MR) is 201 cm³/mol. The van der Waals surface area contributed by atoms with Gasteiger partial charge in [-0.1, -0.05) is 78.9 Å². The summed E-state index contributed by atoms with van der Waals surface area (Å²) in [6, 6.07) is 49.4. The average Bonchev–Trinajstić information content (AvgIpc) is 3.72. The zero-order valence-corrected chi connectivity index (χ0v) is 26.9. The molecule has 0 saturated heterocycles. The maximum Gasteiger partial charge on any atom is 0.235 e. The summed E-state index contributed by atoms with van der Waals surface area (Å²) in [5, 5.41) is 5.10. The monoisotopic (exact) mass is 656 g/mol. The highest BCUT2D eigenvalue weighted by Gasteiger charge is 2.37. The third-order valence-corrected chi connectivity index (χ3v) is 10.2. The van der Waals surface area contributed by atoms with Crippen LogP contribution in [-0.4, -0.2) is 14.5 Å². The lowest BCUT2D eigenvalue weighted by Gasteiger charge is -2.38. The molecule has 0 N–H and O–H groups in total. The summed E-state index contributed by atoms with van der Waals surface area (Å²) in [5.74, 6) is 3.56. The molecule has 0 spiro atoms. The van der Waals surface area contributed by atoms with Gasteiger partial charge in [0, 0.05) is 33.2 Å². The third-order valence-electron chi connectivity index (χ3n) is 10.2. The average molecular weight is 657 g/mol. The molecule has 10 aromatic rings. The SMILES string of the molecule is c1ccc2c(c1)Oc1cc3c(c4c1N2c1ccccc1O4)c1ccccc1n3-c1nc(-c2ccc3oc4ccccc4c3c2)c2ccccc2n1. The first-order valence-electron chi connectivity index (χ1n) is 16.9. The summed E-state index contributed by atoms with van der Waals surface area (Å²) in [6.45, 7) is 0. The van der Waals surface area contributed by atoms with Gasteiger partial charge < -0.3 is 13.9 Å². The Labute approximate surface area is 290 Å². The molecule has 238 valence electrons. The van der Waals surface area contributed by atoms with E-state index in [0.29, 0.717) is 11.7 Å². The van der Waals surface area contributed by atoms with Crippen LogP contribution in [0.25, 0.3) is 71.9 Å². The molecule has 12 rings (SSSR count). The summed E-state index contributed by atoms with van der Waals surface area (Å²) in [7, 11) is 0. The van der Waals surface area contributed by atoms with Gasteiger partial charge in [-0.2, -0.15) is 0 Å². The summed E-state index contributed by atoms with van der Waals surface area (Å²) >= 11 is 0. The summed E-state index contributed by atoms with van der Waals surface area (Å²) in [4.78, 5) is 12.9. The van der Waals surface area contributed by atoms with Crippen LogP contribution in [0.5, 0.6) is 23.0 Å². The van der Waals surface area contributed by atoms with E-state index in [1.54, 1.807) is 0 Å². The Morgan fingerprint density at radius 2 is 1.18 bits per heavy atom. The Balaban J connectivity index is 1.16. The van der Waals surface area contributed by atoms with Crippen molar-refractivity contribution in [3.8, 4) is 40.2 Å². The molecule has 0 saturated carbocycles. The number of anilines is 3. The van der Waals surface area contributed by atoms with Crippen molar-refractivity contribution < 1.29 is 13.9 Å². The van der Waals surface area contributed by atoms with Crippen LogP contribution in [0.2, 0.25) is 0 Å². The largest absolute Gasteiger partial charge is 0.456 e. The van der Waals surface area contributed by atoms with Crippen molar-refractivity contribution in [3.63, 3.8) is 0 Å². The zero-order chi connectivity index (χ0) is 33.2. The molecule has 7 nitrogen and oxygen atoms in total. The van der Waals surface area contributed by atoms with E-state index in [4.69, 9.17) is 23.9 Å². The normalized spacial score (nSPS) is 13.0. The van der Waals surface area contributed by atoms with Crippen LogP contribution in [0.1, 0.15) is 0 Å². The summed E-state index contributed by atoms with van der Waals surface area (Å²) in [6.07, 6.45) is 0. The molecular weight excluding hydrogens is 633 g/mol. The van der Waals surface area contributed by atoms with Crippen LogP contribution < -0.4 is 14.4 Å². The number of para-hydroxylation sites is 7. The minimum atomic E-state index is 0.559. The molecule has 0 atom stereocenters. The quantitative estimate of drug-likeness (QED) is 0.184. The number of rotatable bonds is 2. The molecule has 0 fully saturated rings. The van der Waals surface area contributed by atoms with Gasteiger partial charge in [-0.3, -0.25) is 9.47 Å². The highest BCUT2D eigenvalue weighted by molar-refractivity contribution is 6.17. The Hall–Kier alpha value is -7.12. The summed E-state index contributed by atoms with van der Waals surface area (Å²) in [5.41, 5.74) is 9.05. The highest BCUT2D eigenvalue weighted by Crippen LogP contribution is 2.62. The molecule has 0 aliphatic carbocycles. The second-order valence-electron chi connectivity index (χ2n) is 13.0. The van der Waals surface area contributed by atoms with E-state index >= 15 is 0 Å². The van der Waals surface area contributed by atoms with Gasteiger partial charge in [0.1, 0.15) is 16.9 Å². The topological polar surface area (TPSA) is 65.6 Å². The maximum absolute atomic E-state index is 6.86. The van der Waals surface area contributed by atoms with E-state index in [1.807, 2.05) is 78.9 Å². The van der Waals surface area contributed by atoms with Crippen molar-refractivity contribution in [2.45, 2.75) is 0 Å². The number of fused-ring (bicyclic) bond motifs is 12. The van der Waals surface area contributed by atoms with Crippen molar-refractivity contribution in [2.24, 2.45) is 0 Å². The molecule has 7 heteroatoms. The number of furan rings is 1. The molecular formula is C44H24N4O3. The molecule has 5 heterocycles. The minimum Gasteiger partial charge on any atom is -0.456 e. The second kappa shape index (κ2) is 9.74. The molecule has 3 aromatic heterocycles. The third kappa shape index (κ3) is 3.61. The fourth-order valence-electron chi connectivity index (χ4n) is 7.98. The van der Waals surface area contributed by atoms with Crippen LogP contribution >= 0.6 is 0 Å². The fourth-order valence-corrected chi connectivity index (χ4v) is 7.98. The number of benzene rings is 7. The Bertz CT molecular complexity index is 3110. The molecule has 0 amide bonds. The van der Waals surface area contributed by atoms with E-state index < -0.39 is 0 Å². The lowest BCUT2D eigenvalue weighted by atomic mass is 10.0. The predicted octanol–water partition coefficient (Wildman–Crippen LogP) is 12.0. The lowest BCUT2D eigenvalue weighted by molar-refractivity contribution is 0.450. The number of nitrogens with zero attached hydrogens (tertiary/aromatic N) is 4. The van der Waals surface area contributed by atoms with Gasteiger partial charge in [-0.25, -0.2) is 9.97 Å². The van der Waals surface area contributed by atoms with E-state index in [1.165, 1.54) is 0 Å². The van der Waals surface area contributed by atoms with E-state index in [9.17, 15) is 0 Å². The van der Waals surface area contributed by atoms with Crippen molar-refractivity contribution in [3.05, 3.63) is 146 Å². The first-order valence-corrected chi connectivity index (χ1v) is 16.9. The van der Waals surface area contributed by atoms with Crippen LogP contribution in [0.4, 0.5) is 17.1 Å². The highest BCUT2D eigenvalue weighted by atomic mass is 16.5. The Kier molecular flexibility index (Phi) is 5.12. The van der Waals surface area contributed by atoms with Gasteiger partial charge in [-0.15, -0.1) is 0 Å². The first-order chi connectivity index (χ1) is 25.3. The molecule has 0 bridgehead atoms. The lowest BCUT2D eigenvalue weighted by Crippen LogP contribution is -2.20. The molecule has 0 radical (unpaired) electrons. The van der Waals surface area contributed by atoms with Crippen LogP contribution in [0.3, 0.4) is 0 Å². The minimum absolute atomic E-state index is 0.559. The first kappa shape index (κ1) is 26.8.